The number of anilines is 1. The summed E-state index contributed by atoms with van der Waals surface area (Å²) in [6.07, 6.45) is 10.8. The standard InChI is InChI=1S/C24H22N6O2/c31-23(22-14-25-9-10-27-22)29-18-12-19-13-28-21-7-5-16(4-6-17-3-1-2-8-26-17)11-20(21)24(32)30(19)15-18/h1-11,14,18-19,28H,12-13,15H2,(H,29,31)/b6-4+/t18?,19-/m0/s1. The van der Waals surface area contributed by atoms with Crippen LogP contribution in [0.15, 0.2) is 61.2 Å². The molecule has 2 aliphatic heterocycles. The molecule has 0 aliphatic carbocycles. The number of nitrogens with zero attached hydrogens (tertiary/aromatic N) is 4. The SMILES string of the molecule is O=C(NC1C[C@H]2CNc3ccc(/C=C/c4ccccn4)cc3C(=O)N2C1)c1cnccn1. The van der Waals surface area contributed by atoms with E-state index in [-0.39, 0.29) is 29.6 Å². The molecule has 1 aromatic carbocycles. The van der Waals surface area contributed by atoms with E-state index in [1.807, 2.05) is 53.5 Å². The lowest BCUT2D eigenvalue weighted by molar-refractivity contribution is 0.0743. The summed E-state index contributed by atoms with van der Waals surface area (Å²) in [5.41, 5.74) is 3.52. The van der Waals surface area contributed by atoms with Crippen LogP contribution in [0.2, 0.25) is 0 Å². The van der Waals surface area contributed by atoms with Crippen LogP contribution in [0.3, 0.4) is 0 Å². The topological polar surface area (TPSA) is 100 Å². The Bertz CT molecular complexity index is 1170. The van der Waals surface area contributed by atoms with Gasteiger partial charge in [-0.3, -0.25) is 19.6 Å². The van der Waals surface area contributed by atoms with Gasteiger partial charge in [-0.2, -0.15) is 0 Å². The van der Waals surface area contributed by atoms with Crippen LogP contribution in [-0.4, -0.2) is 56.8 Å². The Morgan fingerprint density at radius 2 is 2.06 bits per heavy atom. The third-order valence-electron chi connectivity index (χ3n) is 5.74. The van der Waals surface area contributed by atoms with Crippen LogP contribution in [0.4, 0.5) is 5.69 Å². The summed E-state index contributed by atoms with van der Waals surface area (Å²) in [4.78, 5) is 39.9. The van der Waals surface area contributed by atoms with Crippen molar-refractivity contribution < 1.29 is 9.59 Å². The summed E-state index contributed by atoms with van der Waals surface area (Å²) in [5.74, 6) is -0.303. The van der Waals surface area contributed by atoms with Crippen molar-refractivity contribution in [3.05, 3.63) is 83.7 Å². The van der Waals surface area contributed by atoms with Crippen molar-refractivity contribution >= 4 is 29.7 Å². The van der Waals surface area contributed by atoms with Gasteiger partial charge in [0.1, 0.15) is 5.69 Å². The molecular formula is C24H22N6O2. The number of rotatable bonds is 4. The number of amides is 2. The van der Waals surface area contributed by atoms with Gasteiger partial charge in [-0.25, -0.2) is 4.98 Å². The minimum Gasteiger partial charge on any atom is -0.382 e. The van der Waals surface area contributed by atoms with Gasteiger partial charge in [-0.05, 0) is 42.3 Å². The molecule has 2 amide bonds. The number of hydrogen-bond acceptors (Lipinski definition) is 6. The average Bonchev–Trinajstić information content (AvgIpc) is 3.19. The molecule has 0 radical (unpaired) electrons. The van der Waals surface area contributed by atoms with Gasteiger partial charge in [0, 0.05) is 43.4 Å². The molecule has 2 N–H and O–H groups in total. The Morgan fingerprint density at radius 3 is 2.88 bits per heavy atom. The Labute approximate surface area is 185 Å². The minimum atomic E-state index is -0.275. The van der Waals surface area contributed by atoms with E-state index in [1.54, 1.807) is 6.20 Å². The fourth-order valence-corrected chi connectivity index (χ4v) is 4.17. The maximum absolute atomic E-state index is 13.4. The van der Waals surface area contributed by atoms with Crippen LogP contribution in [-0.2, 0) is 0 Å². The molecule has 8 nitrogen and oxygen atoms in total. The molecule has 4 heterocycles. The molecule has 8 heteroatoms. The monoisotopic (exact) mass is 426 g/mol. The lowest BCUT2D eigenvalue weighted by Crippen LogP contribution is -2.39. The Balaban J connectivity index is 1.31. The van der Waals surface area contributed by atoms with E-state index in [0.717, 1.165) is 16.9 Å². The number of aromatic nitrogens is 3. The molecule has 1 unspecified atom stereocenters. The normalized spacial score (nSPS) is 19.8. The van der Waals surface area contributed by atoms with Crippen molar-refractivity contribution in [1.82, 2.24) is 25.2 Å². The van der Waals surface area contributed by atoms with Gasteiger partial charge in [0.05, 0.1) is 23.5 Å². The zero-order chi connectivity index (χ0) is 21.9. The van der Waals surface area contributed by atoms with E-state index in [9.17, 15) is 9.59 Å². The molecule has 160 valence electrons. The van der Waals surface area contributed by atoms with Crippen molar-refractivity contribution in [2.24, 2.45) is 0 Å². The van der Waals surface area contributed by atoms with Crippen LogP contribution in [0.5, 0.6) is 0 Å². The number of pyridine rings is 1. The van der Waals surface area contributed by atoms with Crippen LogP contribution in [0, 0.1) is 0 Å². The molecule has 0 saturated carbocycles. The van der Waals surface area contributed by atoms with Gasteiger partial charge in [-0.15, -0.1) is 0 Å². The Kier molecular flexibility index (Phi) is 5.33. The molecule has 32 heavy (non-hydrogen) atoms. The van der Waals surface area contributed by atoms with E-state index in [0.29, 0.717) is 25.1 Å². The second-order valence-electron chi connectivity index (χ2n) is 7.88. The van der Waals surface area contributed by atoms with E-state index < -0.39 is 0 Å². The molecule has 0 spiro atoms. The van der Waals surface area contributed by atoms with Crippen molar-refractivity contribution in [1.29, 1.82) is 0 Å². The van der Waals surface area contributed by atoms with Crippen molar-refractivity contribution in [2.75, 3.05) is 18.4 Å². The quantitative estimate of drug-likeness (QED) is 0.665. The highest BCUT2D eigenvalue weighted by molar-refractivity contribution is 6.01. The highest BCUT2D eigenvalue weighted by Gasteiger charge is 2.38. The van der Waals surface area contributed by atoms with Gasteiger partial charge in [0.15, 0.2) is 0 Å². The first-order valence-electron chi connectivity index (χ1n) is 10.5. The van der Waals surface area contributed by atoms with Gasteiger partial charge in [-0.1, -0.05) is 18.2 Å². The van der Waals surface area contributed by atoms with Crippen LogP contribution in [0.25, 0.3) is 12.2 Å². The van der Waals surface area contributed by atoms with Gasteiger partial charge in [0.2, 0.25) is 0 Å². The predicted octanol–water partition coefficient (Wildman–Crippen LogP) is 2.48. The molecule has 1 fully saturated rings. The van der Waals surface area contributed by atoms with E-state index in [2.05, 4.69) is 25.6 Å². The Morgan fingerprint density at radius 1 is 1.12 bits per heavy atom. The number of nitrogens with one attached hydrogen (secondary N) is 2. The first-order chi connectivity index (χ1) is 15.7. The highest BCUT2D eigenvalue weighted by Crippen LogP contribution is 2.29. The number of carbonyl (C=O) groups excluding carboxylic acids is 2. The molecule has 3 aromatic rings. The molecule has 2 aromatic heterocycles. The second-order valence-corrected chi connectivity index (χ2v) is 7.88. The molecule has 2 aliphatic rings. The minimum absolute atomic E-state index is 0.00886. The number of fused-ring (bicyclic) bond motifs is 2. The van der Waals surface area contributed by atoms with Crippen molar-refractivity contribution in [2.45, 2.75) is 18.5 Å². The van der Waals surface area contributed by atoms with Gasteiger partial charge >= 0.3 is 0 Å². The molecule has 5 rings (SSSR count). The van der Waals surface area contributed by atoms with E-state index >= 15 is 0 Å². The zero-order valence-electron chi connectivity index (χ0n) is 17.3. The highest BCUT2D eigenvalue weighted by atomic mass is 16.2. The van der Waals surface area contributed by atoms with Crippen LogP contribution in [0.1, 0.15) is 38.5 Å². The largest absolute Gasteiger partial charge is 0.382 e. The summed E-state index contributed by atoms with van der Waals surface area (Å²) in [7, 11) is 0. The van der Waals surface area contributed by atoms with Gasteiger partial charge in [0.25, 0.3) is 11.8 Å². The molecule has 0 bridgehead atoms. The molecule has 1 saturated heterocycles. The Hall–Kier alpha value is -4.07. The second kappa shape index (κ2) is 8.58. The van der Waals surface area contributed by atoms with Crippen molar-refractivity contribution in [3.63, 3.8) is 0 Å². The average molecular weight is 426 g/mol. The third kappa shape index (κ3) is 4.07. The van der Waals surface area contributed by atoms with Gasteiger partial charge < -0.3 is 15.5 Å². The lowest BCUT2D eigenvalue weighted by atomic mass is 10.1. The summed E-state index contributed by atoms with van der Waals surface area (Å²) >= 11 is 0. The first-order valence-corrected chi connectivity index (χ1v) is 10.5. The van der Waals surface area contributed by atoms with E-state index in [4.69, 9.17) is 0 Å². The number of benzene rings is 1. The predicted molar refractivity (Wildman–Crippen MR) is 121 cm³/mol. The summed E-state index contributed by atoms with van der Waals surface area (Å²) in [5, 5.41) is 6.38. The fraction of sp³-hybridized carbons (Fsp3) is 0.208. The van der Waals surface area contributed by atoms with E-state index in [1.165, 1.54) is 18.6 Å². The molecule has 2 atom stereocenters. The lowest BCUT2D eigenvalue weighted by Gasteiger charge is -2.21. The summed E-state index contributed by atoms with van der Waals surface area (Å²) < 4.78 is 0. The maximum atomic E-state index is 13.4. The first kappa shape index (κ1) is 19.9. The smallest absolute Gasteiger partial charge is 0.271 e. The van der Waals surface area contributed by atoms with Crippen molar-refractivity contribution in [3.8, 4) is 0 Å². The zero-order valence-corrected chi connectivity index (χ0v) is 17.3. The fourth-order valence-electron chi connectivity index (χ4n) is 4.17. The van der Waals surface area contributed by atoms with Crippen LogP contribution < -0.4 is 10.6 Å². The molecular weight excluding hydrogens is 404 g/mol. The van der Waals surface area contributed by atoms with Crippen LogP contribution >= 0.6 is 0 Å². The summed E-state index contributed by atoms with van der Waals surface area (Å²) in [6.45, 7) is 1.10. The number of carbonyl (C=O) groups is 2. The summed E-state index contributed by atoms with van der Waals surface area (Å²) in [6, 6.07) is 11.4. The maximum Gasteiger partial charge on any atom is 0.271 e. The third-order valence-corrected chi connectivity index (χ3v) is 5.74. The number of hydrogen-bond donors (Lipinski definition) is 2.